The lowest BCUT2D eigenvalue weighted by atomic mass is 9.98. The van der Waals surface area contributed by atoms with Crippen molar-refractivity contribution >= 4 is 5.91 Å². The second-order valence-electron chi connectivity index (χ2n) is 6.60. The Morgan fingerprint density at radius 1 is 1.27 bits per heavy atom. The number of aryl methyl sites for hydroxylation is 1. The van der Waals surface area contributed by atoms with Crippen LogP contribution in [0.1, 0.15) is 50.7 Å². The molecule has 0 aromatic heterocycles. The van der Waals surface area contributed by atoms with Crippen LogP contribution >= 0.6 is 0 Å². The van der Waals surface area contributed by atoms with Gasteiger partial charge in [-0.1, -0.05) is 19.9 Å². The molecule has 0 saturated carbocycles. The van der Waals surface area contributed by atoms with Gasteiger partial charge >= 0.3 is 0 Å². The van der Waals surface area contributed by atoms with Crippen LogP contribution in [0, 0.1) is 6.92 Å². The van der Waals surface area contributed by atoms with Gasteiger partial charge in [0.2, 0.25) is 0 Å². The van der Waals surface area contributed by atoms with E-state index in [1.165, 1.54) is 11.1 Å². The molecule has 1 fully saturated rings. The van der Waals surface area contributed by atoms with Crippen molar-refractivity contribution in [2.45, 2.75) is 58.6 Å². The smallest absolute Gasteiger partial charge is 0.263 e. The standard InChI is InChI=1S/C18H28N2O2/c1-12(2)17-6-5-16(11-13(17)3)22-14(4)18(21)20-9-7-15(19)8-10-20/h5-6,11-12,14-15H,7-10,19H2,1-4H3. The predicted molar refractivity (Wildman–Crippen MR) is 89.1 cm³/mol. The van der Waals surface area contributed by atoms with Crippen molar-refractivity contribution in [1.29, 1.82) is 0 Å². The fraction of sp³-hybridized carbons (Fsp3) is 0.611. The highest BCUT2D eigenvalue weighted by Gasteiger charge is 2.25. The Labute approximate surface area is 133 Å². The van der Waals surface area contributed by atoms with Gasteiger partial charge in [-0.05, 0) is 55.9 Å². The molecule has 0 radical (unpaired) electrons. The van der Waals surface area contributed by atoms with Crippen LogP contribution < -0.4 is 10.5 Å². The number of likely N-dealkylation sites (tertiary alicyclic amines) is 1. The summed E-state index contributed by atoms with van der Waals surface area (Å²) in [6, 6.07) is 6.29. The lowest BCUT2D eigenvalue weighted by molar-refractivity contribution is -0.139. The van der Waals surface area contributed by atoms with E-state index in [1.807, 2.05) is 24.0 Å². The zero-order valence-corrected chi connectivity index (χ0v) is 14.1. The first kappa shape index (κ1) is 16.8. The lowest BCUT2D eigenvalue weighted by Gasteiger charge is -2.32. The molecule has 4 nitrogen and oxygen atoms in total. The Bertz CT molecular complexity index is 520. The fourth-order valence-corrected chi connectivity index (χ4v) is 3.00. The van der Waals surface area contributed by atoms with Crippen LogP contribution in [0.25, 0.3) is 0 Å². The number of carbonyl (C=O) groups is 1. The quantitative estimate of drug-likeness (QED) is 0.930. The summed E-state index contributed by atoms with van der Waals surface area (Å²) in [7, 11) is 0. The Morgan fingerprint density at radius 3 is 2.45 bits per heavy atom. The molecule has 0 aliphatic carbocycles. The number of carbonyl (C=O) groups excluding carboxylic acids is 1. The zero-order chi connectivity index (χ0) is 16.3. The molecule has 1 amide bonds. The van der Waals surface area contributed by atoms with Crippen LogP contribution in [0.15, 0.2) is 18.2 Å². The molecule has 1 aromatic carbocycles. The first-order valence-corrected chi connectivity index (χ1v) is 8.20. The summed E-state index contributed by atoms with van der Waals surface area (Å²) in [5.41, 5.74) is 8.40. The van der Waals surface area contributed by atoms with Gasteiger partial charge in [0.05, 0.1) is 0 Å². The molecule has 2 rings (SSSR count). The molecule has 1 atom stereocenters. The van der Waals surface area contributed by atoms with Gasteiger partial charge in [-0.25, -0.2) is 0 Å². The maximum Gasteiger partial charge on any atom is 0.263 e. The summed E-state index contributed by atoms with van der Waals surface area (Å²) in [4.78, 5) is 14.3. The summed E-state index contributed by atoms with van der Waals surface area (Å²) >= 11 is 0. The minimum Gasteiger partial charge on any atom is -0.481 e. The van der Waals surface area contributed by atoms with Crippen molar-refractivity contribution in [3.8, 4) is 5.75 Å². The summed E-state index contributed by atoms with van der Waals surface area (Å²) in [6.07, 6.45) is 1.29. The highest BCUT2D eigenvalue weighted by atomic mass is 16.5. The van der Waals surface area contributed by atoms with E-state index in [1.54, 1.807) is 0 Å². The minimum atomic E-state index is -0.460. The van der Waals surface area contributed by atoms with Crippen LogP contribution in [-0.2, 0) is 4.79 Å². The number of hydrogen-bond donors (Lipinski definition) is 1. The van der Waals surface area contributed by atoms with Crippen LogP contribution in [-0.4, -0.2) is 36.0 Å². The number of nitrogens with zero attached hydrogens (tertiary/aromatic N) is 1. The van der Waals surface area contributed by atoms with Gasteiger partial charge < -0.3 is 15.4 Å². The summed E-state index contributed by atoms with van der Waals surface area (Å²) in [5, 5.41) is 0. The maximum atomic E-state index is 12.4. The number of benzene rings is 1. The van der Waals surface area contributed by atoms with Crippen molar-refractivity contribution in [2.24, 2.45) is 5.73 Å². The minimum absolute atomic E-state index is 0.0532. The van der Waals surface area contributed by atoms with E-state index in [4.69, 9.17) is 10.5 Å². The molecule has 22 heavy (non-hydrogen) atoms. The SMILES string of the molecule is Cc1cc(OC(C)C(=O)N2CCC(N)CC2)ccc1C(C)C. The van der Waals surface area contributed by atoms with E-state index >= 15 is 0 Å². The van der Waals surface area contributed by atoms with Crippen molar-refractivity contribution in [3.05, 3.63) is 29.3 Å². The highest BCUT2D eigenvalue weighted by molar-refractivity contribution is 5.81. The second kappa shape index (κ2) is 7.14. The van der Waals surface area contributed by atoms with Crippen LogP contribution in [0.4, 0.5) is 0 Å². The van der Waals surface area contributed by atoms with Gasteiger partial charge in [-0.15, -0.1) is 0 Å². The Kier molecular flexibility index (Phi) is 5.46. The molecule has 0 bridgehead atoms. The topological polar surface area (TPSA) is 55.6 Å². The Hall–Kier alpha value is -1.55. The van der Waals surface area contributed by atoms with Crippen LogP contribution in [0.2, 0.25) is 0 Å². The molecule has 1 heterocycles. The summed E-state index contributed by atoms with van der Waals surface area (Å²) in [5.74, 6) is 1.31. The summed E-state index contributed by atoms with van der Waals surface area (Å²) < 4.78 is 5.85. The van der Waals surface area contributed by atoms with E-state index < -0.39 is 6.10 Å². The molecule has 1 saturated heterocycles. The molecular formula is C18H28N2O2. The van der Waals surface area contributed by atoms with Crippen molar-refractivity contribution in [2.75, 3.05) is 13.1 Å². The first-order chi connectivity index (χ1) is 10.4. The maximum absolute atomic E-state index is 12.4. The van der Waals surface area contributed by atoms with E-state index in [2.05, 4.69) is 26.8 Å². The Balaban J connectivity index is 1.98. The number of nitrogens with two attached hydrogens (primary N) is 1. The number of rotatable bonds is 4. The highest BCUT2D eigenvalue weighted by Crippen LogP contribution is 2.24. The fourth-order valence-electron chi connectivity index (χ4n) is 3.00. The van der Waals surface area contributed by atoms with E-state index in [0.29, 0.717) is 5.92 Å². The third kappa shape index (κ3) is 4.01. The van der Waals surface area contributed by atoms with E-state index in [-0.39, 0.29) is 11.9 Å². The van der Waals surface area contributed by atoms with Gasteiger partial charge in [-0.2, -0.15) is 0 Å². The van der Waals surface area contributed by atoms with Crippen LogP contribution in [0.5, 0.6) is 5.75 Å². The number of ether oxygens (including phenoxy) is 1. The molecule has 122 valence electrons. The van der Waals surface area contributed by atoms with Crippen molar-refractivity contribution in [1.82, 2.24) is 4.90 Å². The normalized spacial score (nSPS) is 17.6. The number of piperidine rings is 1. The van der Waals surface area contributed by atoms with Gasteiger partial charge in [0.25, 0.3) is 5.91 Å². The van der Waals surface area contributed by atoms with Gasteiger partial charge in [0.15, 0.2) is 6.10 Å². The van der Waals surface area contributed by atoms with Crippen molar-refractivity contribution < 1.29 is 9.53 Å². The Morgan fingerprint density at radius 2 is 1.91 bits per heavy atom. The zero-order valence-electron chi connectivity index (χ0n) is 14.1. The van der Waals surface area contributed by atoms with Gasteiger partial charge in [0, 0.05) is 19.1 Å². The molecule has 0 spiro atoms. The average Bonchev–Trinajstić information content (AvgIpc) is 2.47. The van der Waals surface area contributed by atoms with Crippen LogP contribution in [0.3, 0.4) is 0 Å². The largest absolute Gasteiger partial charge is 0.481 e. The molecule has 2 N–H and O–H groups in total. The predicted octanol–water partition coefficient (Wildman–Crippen LogP) is 2.84. The third-order valence-corrected chi connectivity index (χ3v) is 4.38. The van der Waals surface area contributed by atoms with E-state index in [0.717, 1.165) is 31.7 Å². The first-order valence-electron chi connectivity index (χ1n) is 8.20. The average molecular weight is 304 g/mol. The molecule has 1 aliphatic rings. The van der Waals surface area contributed by atoms with Gasteiger partial charge in [0.1, 0.15) is 5.75 Å². The summed E-state index contributed by atoms with van der Waals surface area (Å²) in [6.45, 7) is 9.73. The number of hydrogen-bond acceptors (Lipinski definition) is 3. The van der Waals surface area contributed by atoms with Gasteiger partial charge in [-0.3, -0.25) is 4.79 Å². The molecule has 1 unspecified atom stereocenters. The van der Waals surface area contributed by atoms with E-state index in [9.17, 15) is 4.79 Å². The lowest BCUT2D eigenvalue weighted by Crippen LogP contribution is -2.47. The monoisotopic (exact) mass is 304 g/mol. The third-order valence-electron chi connectivity index (χ3n) is 4.38. The molecule has 4 heteroatoms. The second-order valence-corrected chi connectivity index (χ2v) is 6.60. The van der Waals surface area contributed by atoms with Crippen molar-refractivity contribution in [3.63, 3.8) is 0 Å². The number of amides is 1. The molecule has 1 aliphatic heterocycles. The molecule has 1 aromatic rings. The molecular weight excluding hydrogens is 276 g/mol.